The first-order valence-electron chi connectivity index (χ1n) is 12.7. The Hall–Kier alpha value is -1.96. The Kier molecular flexibility index (Phi) is 6.96. The molecule has 0 radical (unpaired) electrons. The van der Waals surface area contributed by atoms with Gasteiger partial charge in [-0.15, -0.1) is 11.3 Å². The van der Waals surface area contributed by atoms with Crippen LogP contribution in [0.25, 0.3) is 0 Å². The van der Waals surface area contributed by atoms with Crippen LogP contribution in [0.5, 0.6) is 5.75 Å². The van der Waals surface area contributed by atoms with Crippen molar-refractivity contribution >= 4 is 17.3 Å². The molecule has 3 fully saturated rings. The van der Waals surface area contributed by atoms with Crippen LogP contribution in [0.1, 0.15) is 91.5 Å². The molecule has 5 rings (SSSR count). The molecule has 1 N–H and O–H groups in total. The molecule has 3 aliphatic rings. The quantitative estimate of drug-likeness (QED) is 0.502. The van der Waals surface area contributed by atoms with Gasteiger partial charge < -0.3 is 19.3 Å². The van der Waals surface area contributed by atoms with Gasteiger partial charge in [-0.25, -0.2) is 9.78 Å². The third-order valence-electron chi connectivity index (χ3n) is 7.40. The van der Waals surface area contributed by atoms with Gasteiger partial charge in [0.15, 0.2) is 5.69 Å². The lowest BCUT2D eigenvalue weighted by atomic mass is 9.87. The minimum Gasteiger partial charge on any atom is -0.493 e. The van der Waals surface area contributed by atoms with Gasteiger partial charge in [-0.3, -0.25) is 0 Å². The van der Waals surface area contributed by atoms with E-state index in [1.165, 1.54) is 35.3 Å². The molecule has 0 bridgehead atoms. The molecule has 2 heterocycles. The second-order valence-electron chi connectivity index (χ2n) is 10.2. The van der Waals surface area contributed by atoms with Crippen molar-refractivity contribution in [2.45, 2.75) is 89.6 Å². The fraction of sp³-hybridized carbons (Fsp3) is 0.630. The molecule has 1 aromatic heterocycles. The van der Waals surface area contributed by atoms with Gasteiger partial charge in [-0.2, -0.15) is 0 Å². The summed E-state index contributed by atoms with van der Waals surface area (Å²) in [6, 6.07) is 6.48. The number of nitrogens with zero attached hydrogens (tertiary/aromatic N) is 1. The maximum absolute atomic E-state index is 12.1. The number of aryl methyl sites for hydroxylation is 1. The lowest BCUT2D eigenvalue weighted by molar-refractivity contribution is -0.0812. The zero-order valence-electron chi connectivity index (χ0n) is 20.2. The highest BCUT2D eigenvalue weighted by atomic mass is 32.1. The van der Waals surface area contributed by atoms with E-state index in [2.05, 4.69) is 30.1 Å². The Balaban J connectivity index is 1.19. The number of benzene rings is 1. The fourth-order valence-electron chi connectivity index (χ4n) is 5.50. The van der Waals surface area contributed by atoms with Gasteiger partial charge in [0.1, 0.15) is 16.9 Å². The van der Waals surface area contributed by atoms with Crippen molar-refractivity contribution in [1.82, 2.24) is 4.98 Å². The average molecular weight is 486 g/mol. The number of fused-ring (bicyclic) bond motifs is 1. The first kappa shape index (κ1) is 23.8. The number of aromatic nitrogens is 1. The van der Waals surface area contributed by atoms with Crippen LogP contribution in [0, 0.1) is 11.8 Å². The molecule has 184 valence electrons. The number of thiazole rings is 1. The van der Waals surface area contributed by atoms with Gasteiger partial charge in [-0.1, -0.05) is 13.0 Å². The monoisotopic (exact) mass is 485 g/mol. The van der Waals surface area contributed by atoms with Gasteiger partial charge in [0.2, 0.25) is 0 Å². The molecule has 1 saturated heterocycles. The Bertz CT molecular complexity index is 1020. The van der Waals surface area contributed by atoms with E-state index in [0.717, 1.165) is 30.0 Å². The lowest BCUT2D eigenvalue weighted by Gasteiger charge is -2.33. The average Bonchev–Trinajstić information content (AvgIpc) is 3.45. The SMILES string of the molecule is CCc1ccc(OC[C@@H]2[C@H]3CC[C@H](c4nc(C(=O)OC(C)C)cs4)O[C@H]3C[C@@H]2O)cc1C1CC1. The van der Waals surface area contributed by atoms with Crippen molar-refractivity contribution in [3.8, 4) is 5.75 Å². The van der Waals surface area contributed by atoms with E-state index in [0.29, 0.717) is 24.6 Å². The molecule has 0 spiro atoms. The summed E-state index contributed by atoms with van der Waals surface area (Å²) in [6.45, 7) is 6.37. The maximum Gasteiger partial charge on any atom is 0.358 e. The standard InChI is InChI=1S/C27H35NO5S/c1-4-16-7-8-18(11-20(16)17-5-6-17)31-13-21-19-9-10-24(33-25(19)12-23(21)29)26-28-22(14-34-26)27(30)32-15(2)3/h7-8,11,14-15,17,19,21,23-25,29H,4-6,9-10,12-13H2,1-3H3/t19-,21-,23+,24-,25+/m1/s1. The van der Waals surface area contributed by atoms with Gasteiger partial charge >= 0.3 is 5.97 Å². The minimum atomic E-state index is -0.431. The third-order valence-corrected chi connectivity index (χ3v) is 8.34. The summed E-state index contributed by atoms with van der Waals surface area (Å²) in [5, 5.41) is 13.4. The van der Waals surface area contributed by atoms with E-state index in [9.17, 15) is 9.90 Å². The maximum atomic E-state index is 12.1. The van der Waals surface area contributed by atoms with E-state index in [-0.39, 0.29) is 30.1 Å². The van der Waals surface area contributed by atoms with Gasteiger partial charge in [-0.05, 0) is 81.0 Å². The smallest absolute Gasteiger partial charge is 0.358 e. The molecular weight excluding hydrogens is 450 g/mol. The third kappa shape index (κ3) is 5.02. The number of carbonyl (C=O) groups is 1. The molecule has 34 heavy (non-hydrogen) atoms. The van der Waals surface area contributed by atoms with Crippen LogP contribution in [0.15, 0.2) is 23.6 Å². The Labute approximate surface area is 205 Å². The Morgan fingerprint density at radius 1 is 1.26 bits per heavy atom. The van der Waals surface area contributed by atoms with Crippen molar-refractivity contribution in [1.29, 1.82) is 0 Å². The highest BCUT2D eigenvalue weighted by Gasteiger charge is 2.47. The second kappa shape index (κ2) is 9.96. The Morgan fingerprint density at radius 3 is 2.82 bits per heavy atom. The number of aliphatic hydroxyl groups is 1. The molecule has 1 aromatic carbocycles. The molecule has 0 amide bonds. The number of esters is 1. The highest BCUT2D eigenvalue weighted by Crippen LogP contribution is 2.47. The van der Waals surface area contributed by atoms with E-state index < -0.39 is 12.1 Å². The Morgan fingerprint density at radius 2 is 2.09 bits per heavy atom. The van der Waals surface area contributed by atoms with E-state index in [1.807, 2.05) is 13.8 Å². The van der Waals surface area contributed by atoms with Crippen molar-refractivity contribution in [2.75, 3.05) is 6.61 Å². The molecular formula is C27H35NO5S. The molecule has 1 aliphatic heterocycles. The summed E-state index contributed by atoms with van der Waals surface area (Å²) < 4.78 is 17.9. The zero-order chi connectivity index (χ0) is 23.8. The number of hydrogen-bond donors (Lipinski definition) is 1. The van der Waals surface area contributed by atoms with E-state index in [1.54, 1.807) is 5.38 Å². The summed E-state index contributed by atoms with van der Waals surface area (Å²) in [7, 11) is 0. The normalized spacial score (nSPS) is 28.7. The number of carbonyl (C=O) groups excluding carboxylic acids is 1. The number of rotatable bonds is 8. The molecule has 5 atom stereocenters. The van der Waals surface area contributed by atoms with Gasteiger partial charge in [0, 0.05) is 17.7 Å². The highest BCUT2D eigenvalue weighted by molar-refractivity contribution is 7.09. The van der Waals surface area contributed by atoms with Crippen LogP contribution in [-0.4, -0.2) is 41.0 Å². The lowest BCUT2D eigenvalue weighted by Crippen LogP contribution is -2.33. The van der Waals surface area contributed by atoms with Crippen LogP contribution in [0.2, 0.25) is 0 Å². The number of aliphatic hydroxyl groups excluding tert-OH is 1. The molecule has 2 saturated carbocycles. The van der Waals surface area contributed by atoms with Crippen molar-refractivity contribution in [3.63, 3.8) is 0 Å². The first-order valence-corrected chi connectivity index (χ1v) is 13.6. The fourth-order valence-corrected chi connectivity index (χ4v) is 6.36. The van der Waals surface area contributed by atoms with Crippen molar-refractivity contribution in [3.05, 3.63) is 45.4 Å². The largest absolute Gasteiger partial charge is 0.493 e. The molecule has 2 aliphatic carbocycles. The summed E-state index contributed by atoms with van der Waals surface area (Å²) >= 11 is 1.44. The topological polar surface area (TPSA) is 77.9 Å². The first-order chi connectivity index (χ1) is 16.4. The van der Waals surface area contributed by atoms with Crippen LogP contribution >= 0.6 is 11.3 Å². The predicted octanol–water partition coefficient (Wildman–Crippen LogP) is 5.44. The zero-order valence-corrected chi connectivity index (χ0v) is 21.1. The van der Waals surface area contributed by atoms with E-state index in [4.69, 9.17) is 14.2 Å². The second-order valence-corrected chi connectivity index (χ2v) is 11.1. The summed E-state index contributed by atoms with van der Waals surface area (Å²) in [5.41, 5.74) is 3.20. The summed E-state index contributed by atoms with van der Waals surface area (Å²) in [4.78, 5) is 16.6. The van der Waals surface area contributed by atoms with Crippen LogP contribution in [0.3, 0.4) is 0 Å². The van der Waals surface area contributed by atoms with Gasteiger partial charge in [0.25, 0.3) is 0 Å². The van der Waals surface area contributed by atoms with Gasteiger partial charge in [0.05, 0.1) is 24.9 Å². The van der Waals surface area contributed by atoms with Crippen molar-refractivity contribution in [2.24, 2.45) is 11.8 Å². The van der Waals surface area contributed by atoms with Crippen molar-refractivity contribution < 1.29 is 24.1 Å². The predicted molar refractivity (Wildman–Crippen MR) is 130 cm³/mol. The molecule has 0 unspecified atom stereocenters. The minimum absolute atomic E-state index is 0.0122. The molecule has 6 nitrogen and oxygen atoms in total. The summed E-state index contributed by atoms with van der Waals surface area (Å²) in [6.07, 6.45) is 5.25. The van der Waals surface area contributed by atoms with Crippen LogP contribution in [-0.2, 0) is 15.9 Å². The molecule has 7 heteroatoms. The van der Waals surface area contributed by atoms with Crippen LogP contribution in [0.4, 0.5) is 0 Å². The molecule has 2 aromatic rings. The van der Waals surface area contributed by atoms with E-state index >= 15 is 0 Å². The van der Waals surface area contributed by atoms with Crippen LogP contribution < -0.4 is 4.74 Å². The number of ether oxygens (including phenoxy) is 3. The summed E-state index contributed by atoms with van der Waals surface area (Å²) in [5.74, 6) is 1.55. The number of hydrogen-bond acceptors (Lipinski definition) is 7.